The summed E-state index contributed by atoms with van der Waals surface area (Å²) in [6, 6.07) is 0. The molecule has 0 aromatic heterocycles. The van der Waals surface area contributed by atoms with E-state index >= 15 is 0 Å². The van der Waals surface area contributed by atoms with Gasteiger partial charge in [0.25, 0.3) is 0 Å². The molecule has 0 aliphatic carbocycles. The Hall–Kier alpha value is -0.830. The lowest BCUT2D eigenvalue weighted by molar-refractivity contribution is -0.138. The third-order valence-corrected chi connectivity index (χ3v) is 2.47. The average Bonchev–Trinajstić information content (AvgIpc) is 3.03. The van der Waals surface area contributed by atoms with E-state index in [2.05, 4.69) is 13.8 Å². The minimum atomic E-state index is -0.251. The Morgan fingerprint density at radius 3 is 2.88 bits per heavy atom. The highest BCUT2D eigenvalue weighted by atomic mass is 16.6. The van der Waals surface area contributed by atoms with Crippen molar-refractivity contribution in [3.8, 4) is 0 Å². The van der Waals surface area contributed by atoms with Crippen LogP contribution in [0.15, 0.2) is 12.2 Å². The van der Waals surface area contributed by atoms with Gasteiger partial charge in [-0.25, -0.2) is 4.79 Å². The van der Waals surface area contributed by atoms with Crippen LogP contribution in [0, 0.1) is 5.92 Å². The molecule has 1 fully saturated rings. The van der Waals surface area contributed by atoms with E-state index in [0.29, 0.717) is 6.61 Å². The summed E-state index contributed by atoms with van der Waals surface area (Å²) >= 11 is 0. The van der Waals surface area contributed by atoms with Crippen molar-refractivity contribution in [2.45, 2.75) is 45.6 Å². The molecule has 0 saturated carbocycles. The average molecular weight is 226 g/mol. The van der Waals surface area contributed by atoms with Crippen LogP contribution in [0.2, 0.25) is 0 Å². The molecule has 3 nitrogen and oxygen atoms in total. The number of esters is 1. The number of ether oxygens (including phenoxy) is 2. The third-order valence-electron chi connectivity index (χ3n) is 2.47. The molecule has 1 unspecified atom stereocenters. The van der Waals surface area contributed by atoms with Crippen molar-refractivity contribution in [2.75, 3.05) is 13.2 Å². The van der Waals surface area contributed by atoms with Crippen LogP contribution in [0.1, 0.15) is 39.5 Å². The van der Waals surface area contributed by atoms with Gasteiger partial charge in [-0.05, 0) is 18.8 Å². The zero-order valence-corrected chi connectivity index (χ0v) is 10.3. The molecule has 1 heterocycles. The minimum absolute atomic E-state index is 0.156. The monoisotopic (exact) mass is 226 g/mol. The molecule has 0 bridgehead atoms. The quantitative estimate of drug-likeness (QED) is 0.276. The van der Waals surface area contributed by atoms with Gasteiger partial charge in [-0.15, -0.1) is 0 Å². The van der Waals surface area contributed by atoms with E-state index < -0.39 is 0 Å². The van der Waals surface area contributed by atoms with Crippen LogP contribution in [-0.2, 0) is 14.3 Å². The molecule has 1 aliphatic rings. The summed E-state index contributed by atoms with van der Waals surface area (Å²) in [5, 5.41) is 0. The fourth-order valence-electron chi connectivity index (χ4n) is 1.38. The lowest BCUT2D eigenvalue weighted by atomic mass is 10.1. The zero-order valence-electron chi connectivity index (χ0n) is 10.3. The number of hydrogen-bond donors (Lipinski definition) is 0. The first-order valence-electron chi connectivity index (χ1n) is 6.13. The summed E-state index contributed by atoms with van der Waals surface area (Å²) in [7, 11) is 0. The number of hydrogen-bond acceptors (Lipinski definition) is 3. The van der Waals surface area contributed by atoms with Gasteiger partial charge >= 0.3 is 5.97 Å². The van der Waals surface area contributed by atoms with Crippen molar-refractivity contribution >= 4 is 5.97 Å². The Kier molecular flexibility index (Phi) is 6.16. The molecule has 3 heteroatoms. The number of carbonyl (C=O) groups excluding carboxylic acids is 1. The van der Waals surface area contributed by atoms with Gasteiger partial charge in [0.15, 0.2) is 0 Å². The molecular formula is C13H22O3. The number of carbonyl (C=O) groups is 1. The van der Waals surface area contributed by atoms with Crippen molar-refractivity contribution in [3.63, 3.8) is 0 Å². The molecule has 0 N–H and O–H groups in total. The normalized spacial score (nSPS) is 19.3. The smallest absolute Gasteiger partial charge is 0.330 e. The molecule has 1 atom stereocenters. The number of epoxide rings is 1. The van der Waals surface area contributed by atoms with Gasteiger partial charge in [-0.2, -0.15) is 0 Å². The van der Waals surface area contributed by atoms with Crippen LogP contribution in [-0.4, -0.2) is 25.3 Å². The van der Waals surface area contributed by atoms with Crippen molar-refractivity contribution in [2.24, 2.45) is 5.92 Å². The summed E-state index contributed by atoms with van der Waals surface area (Å²) in [5.41, 5.74) is 0. The van der Waals surface area contributed by atoms with E-state index in [0.717, 1.165) is 25.4 Å². The lowest BCUT2D eigenvalue weighted by Crippen LogP contribution is -2.06. The Bertz CT molecular complexity index is 229. The molecule has 92 valence electrons. The summed E-state index contributed by atoms with van der Waals surface area (Å²) in [6.07, 6.45) is 8.18. The standard InChI is InChI=1S/C13H22O3/c1-11(2)7-5-3-4-6-8-13(14)16-10-12-9-15-12/h6,8,11-12H,3-5,7,9-10H2,1-2H3. The molecule has 1 rings (SSSR count). The molecule has 16 heavy (non-hydrogen) atoms. The van der Waals surface area contributed by atoms with Crippen LogP contribution in [0.3, 0.4) is 0 Å². The van der Waals surface area contributed by atoms with E-state index in [1.807, 2.05) is 6.08 Å². The van der Waals surface area contributed by atoms with Crippen LogP contribution >= 0.6 is 0 Å². The van der Waals surface area contributed by atoms with Gasteiger partial charge in [0.05, 0.1) is 6.61 Å². The second-order valence-corrected chi connectivity index (χ2v) is 4.67. The molecule has 1 saturated heterocycles. The predicted octanol–water partition coefficient (Wildman–Crippen LogP) is 2.70. The second-order valence-electron chi connectivity index (χ2n) is 4.67. The fraction of sp³-hybridized carbons (Fsp3) is 0.769. The summed E-state index contributed by atoms with van der Waals surface area (Å²) in [4.78, 5) is 11.2. The highest BCUT2D eigenvalue weighted by molar-refractivity contribution is 5.81. The maximum absolute atomic E-state index is 11.2. The summed E-state index contributed by atoms with van der Waals surface area (Å²) < 4.78 is 9.90. The van der Waals surface area contributed by atoms with Crippen molar-refractivity contribution < 1.29 is 14.3 Å². The lowest BCUT2D eigenvalue weighted by Gasteiger charge is -2.01. The Morgan fingerprint density at radius 2 is 2.25 bits per heavy atom. The molecule has 0 spiro atoms. The minimum Gasteiger partial charge on any atom is -0.460 e. The van der Waals surface area contributed by atoms with Gasteiger partial charge in [-0.1, -0.05) is 32.8 Å². The van der Waals surface area contributed by atoms with Gasteiger partial charge in [0.2, 0.25) is 0 Å². The first-order chi connectivity index (χ1) is 7.68. The summed E-state index contributed by atoms with van der Waals surface area (Å²) in [5.74, 6) is 0.520. The highest BCUT2D eigenvalue weighted by Crippen LogP contribution is 2.09. The van der Waals surface area contributed by atoms with Crippen LogP contribution in [0.4, 0.5) is 0 Å². The van der Waals surface area contributed by atoms with Crippen molar-refractivity contribution in [3.05, 3.63) is 12.2 Å². The van der Waals surface area contributed by atoms with E-state index in [9.17, 15) is 4.79 Å². The maximum Gasteiger partial charge on any atom is 0.330 e. The second kappa shape index (κ2) is 7.44. The van der Waals surface area contributed by atoms with Gasteiger partial charge < -0.3 is 9.47 Å². The van der Waals surface area contributed by atoms with E-state index in [4.69, 9.17) is 9.47 Å². The first kappa shape index (κ1) is 13.2. The van der Waals surface area contributed by atoms with Gasteiger partial charge in [0.1, 0.15) is 12.7 Å². The molecular weight excluding hydrogens is 204 g/mol. The highest BCUT2D eigenvalue weighted by Gasteiger charge is 2.23. The number of unbranched alkanes of at least 4 members (excludes halogenated alkanes) is 2. The maximum atomic E-state index is 11.2. The Labute approximate surface area is 97.8 Å². The van der Waals surface area contributed by atoms with Crippen molar-refractivity contribution in [1.82, 2.24) is 0 Å². The SMILES string of the molecule is CC(C)CCCCC=CC(=O)OCC1CO1. The molecule has 1 aliphatic heterocycles. The first-order valence-corrected chi connectivity index (χ1v) is 6.13. The Morgan fingerprint density at radius 1 is 1.50 bits per heavy atom. The van der Waals surface area contributed by atoms with Crippen LogP contribution in [0.5, 0.6) is 0 Å². The van der Waals surface area contributed by atoms with Crippen molar-refractivity contribution in [1.29, 1.82) is 0 Å². The third kappa shape index (κ3) is 7.46. The molecule has 0 aromatic rings. The van der Waals surface area contributed by atoms with E-state index in [1.54, 1.807) is 0 Å². The fourth-order valence-corrected chi connectivity index (χ4v) is 1.38. The van der Waals surface area contributed by atoms with E-state index in [-0.39, 0.29) is 12.1 Å². The predicted molar refractivity (Wildman–Crippen MR) is 63.1 cm³/mol. The number of allylic oxidation sites excluding steroid dienone is 1. The Balaban J connectivity index is 1.91. The van der Waals surface area contributed by atoms with Gasteiger partial charge in [0, 0.05) is 6.08 Å². The molecule has 0 amide bonds. The van der Waals surface area contributed by atoms with Gasteiger partial charge in [-0.3, -0.25) is 0 Å². The van der Waals surface area contributed by atoms with Crippen LogP contribution in [0.25, 0.3) is 0 Å². The summed E-state index contributed by atoms with van der Waals surface area (Å²) in [6.45, 7) is 5.59. The molecule has 0 aromatic carbocycles. The topological polar surface area (TPSA) is 38.8 Å². The molecule has 0 radical (unpaired) electrons. The van der Waals surface area contributed by atoms with Crippen LogP contribution < -0.4 is 0 Å². The largest absolute Gasteiger partial charge is 0.460 e. The van der Waals surface area contributed by atoms with E-state index in [1.165, 1.54) is 18.9 Å². The zero-order chi connectivity index (χ0) is 11.8. The number of rotatable bonds is 8.